The fourth-order valence-electron chi connectivity index (χ4n) is 5.21. The minimum absolute atomic E-state index is 0.0280. The Morgan fingerprint density at radius 3 is 2.89 bits per heavy atom. The number of benzene rings is 1. The number of rotatable bonds is 7. The monoisotopic (exact) mass is 494 g/mol. The number of pyridine rings is 1. The summed E-state index contributed by atoms with van der Waals surface area (Å²) in [7, 11) is 0. The van der Waals surface area contributed by atoms with E-state index in [1.807, 2.05) is 4.52 Å². The van der Waals surface area contributed by atoms with Crippen LogP contribution in [0.4, 0.5) is 0 Å². The average molecular weight is 495 g/mol. The van der Waals surface area contributed by atoms with E-state index in [0.29, 0.717) is 18.9 Å². The highest BCUT2D eigenvalue weighted by atomic mass is 32.2. The second kappa shape index (κ2) is 9.81. The fraction of sp³-hybridized carbons (Fsp3) is 0.462. The summed E-state index contributed by atoms with van der Waals surface area (Å²) >= 11 is -1.98. The van der Waals surface area contributed by atoms with Crippen molar-refractivity contribution in [3.05, 3.63) is 53.0 Å². The standard InChI is InChI=1S/C26H33N5O3S/c1-16(2)24-20-12-19(23-14-30(9-10-34-23)8-5-11-35(32)33)6-7-22(20)29-25(24)21-13-31-26(27-15-28-31)18(4)17(21)3/h6-7,12-13,15-16,23,29H,5,8-11,14H2,1-4H3,(H,32,33)/p-1. The maximum atomic E-state index is 10.9. The van der Waals surface area contributed by atoms with E-state index in [-0.39, 0.29) is 11.9 Å². The van der Waals surface area contributed by atoms with E-state index in [1.54, 1.807) is 6.33 Å². The molecule has 8 nitrogen and oxygen atoms in total. The van der Waals surface area contributed by atoms with Crippen molar-refractivity contribution in [2.24, 2.45) is 0 Å². The molecule has 0 saturated carbocycles. The first-order valence-corrected chi connectivity index (χ1v) is 13.4. The van der Waals surface area contributed by atoms with E-state index >= 15 is 0 Å². The first kappa shape index (κ1) is 24.1. The molecule has 2 unspecified atom stereocenters. The Morgan fingerprint density at radius 2 is 2.11 bits per heavy atom. The Morgan fingerprint density at radius 1 is 1.29 bits per heavy atom. The summed E-state index contributed by atoms with van der Waals surface area (Å²) in [5.74, 6) is 0.522. The number of fused-ring (bicyclic) bond motifs is 2. The normalized spacial score (nSPS) is 18.2. The van der Waals surface area contributed by atoms with Crippen molar-refractivity contribution in [1.29, 1.82) is 0 Å². The maximum Gasteiger partial charge on any atom is 0.158 e. The zero-order valence-electron chi connectivity index (χ0n) is 20.7. The van der Waals surface area contributed by atoms with Crippen LogP contribution in [0, 0.1) is 13.8 Å². The molecule has 1 N–H and O–H groups in total. The molecule has 4 heterocycles. The zero-order chi connectivity index (χ0) is 24.7. The smallest absolute Gasteiger partial charge is 0.158 e. The van der Waals surface area contributed by atoms with Gasteiger partial charge in [0.2, 0.25) is 0 Å². The number of aromatic amines is 1. The molecule has 1 fully saturated rings. The molecule has 0 spiro atoms. The highest BCUT2D eigenvalue weighted by Crippen LogP contribution is 2.39. The predicted molar refractivity (Wildman–Crippen MR) is 137 cm³/mol. The summed E-state index contributed by atoms with van der Waals surface area (Å²) in [6.45, 7) is 11.7. The summed E-state index contributed by atoms with van der Waals surface area (Å²) in [4.78, 5) is 10.4. The molecule has 3 aromatic heterocycles. The Balaban J connectivity index is 1.51. The third-order valence-electron chi connectivity index (χ3n) is 7.14. The van der Waals surface area contributed by atoms with Crippen molar-refractivity contribution in [2.75, 3.05) is 32.0 Å². The Labute approximate surface area is 208 Å². The van der Waals surface area contributed by atoms with Gasteiger partial charge in [0.1, 0.15) is 6.33 Å². The van der Waals surface area contributed by atoms with E-state index in [1.165, 1.54) is 16.5 Å². The van der Waals surface area contributed by atoms with Gasteiger partial charge in [-0.15, -0.1) is 0 Å². The topological polar surface area (TPSA) is 98.6 Å². The molecule has 1 aliphatic heterocycles. The lowest BCUT2D eigenvalue weighted by Gasteiger charge is -2.33. The number of morpholine rings is 1. The van der Waals surface area contributed by atoms with Gasteiger partial charge in [0, 0.05) is 41.5 Å². The molecule has 0 amide bonds. The largest absolute Gasteiger partial charge is 0.772 e. The molecule has 9 heteroatoms. The molecule has 0 bridgehead atoms. The van der Waals surface area contributed by atoms with Crippen LogP contribution in [-0.4, -0.2) is 65.2 Å². The first-order chi connectivity index (χ1) is 16.8. The van der Waals surface area contributed by atoms with Crippen LogP contribution in [0.1, 0.15) is 54.5 Å². The minimum atomic E-state index is -1.98. The van der Waals surface area contributed by atoms with E-state index in [4.69, 9.17) is 4.74 Å². The number of aryl methyl sites for hydroxylation is 1. The number of nitrogens with one attached hydrogen (secondary N) is 1. The van der Waals surface area contributed by atoms with E-state index in [0.717, 1.165) is 53.2 Å². The lowest BCUT2D eigenvalue weighted by atomic mass is 9.93. The zero-order valence-corrected chi connectivity index (χ0v) is 21.5. The van der Waals surface area contributed by atoms with E-state index < -0.39 is 11.1 Å². The van der Waals surface area contributed by atoms with Gasteiger partial charge in [-0.05, 0) is 67.1 Å². The molecular weight excluding hydrogens is 462 g/mol. The third kappa shape index (κ3) is 4.65. The molecule has 5 rings (SSSR count). The van der Waals surface area contributed by atoms with Crippen LogP contribution < -0.4 is 0 Å². The number of hydrogen-bond acceptors (Lipinski definition) is 6. The number of H-pyrrole nitrogens is 1. The summed E-state index contributed by atoms with van der Waals surface area (Å²) in [6, 6.07) is 6.56. The molecule has 2 atom stereocenters. The van der Waals surface area contributed by atoms with Crippen LogP contribution in [0.5, 0.6) is 0 Å². The van der Waals surface area contributed by atoms with Crippen molar-refractivity contribution in [2.45, 2.75) is 46.1 Å². The van der Waals surface area contributed by atoms with Crippen LogP contribution >= 0.6 is 0 Å². The van der Waals surface area contributed by atoms with Crippen LogP contribution in [-0.2, 0) is 15.8 Å². The Bertz CT molecular complexity index is 1390. The quantitative estimate of drug-likeness (QED) is 0.386. The van der Waals surface area contributed by atoms with Crippen molar-refractivity contribution < 1.29 is 13.5 Å². The number of ether oxygens (including phenoxy) is 1. The van der Waals surface area contributed by atoms with Gasteiger partial charge in [-0.1, -0.05) is 31.0 Å². The van der Waals surface area contributed by atoms with Crippen molar-refractivity contribution in [1.82, 2.24) is 24.5 Å². The minimum Gasteiger partial charge on any atom is -0.772 e. The SMILES string of the molecule is Cc1c(-c2[nH]c3ccc(C4CN(CCCS(=O)[O-])CCO4)cc3c2C(C)C)cn2ncnc2c1C. The molecule has 0 aliphatic carbocycles. The lowest BCUT2D eigenvalue weighted by Crippen LogP contribution is -2.39. The molecule has 1 saturated heterocycles. The summed E-state index contributed by atoms with van der Waals surface area (Å²) in [5.41, 5.74) is 9.02. The predicted octanol–water partition coefficient (Wildman–Crippen LogP) is 4.26. The van der Waals surface area contributed by atoms with E-state index in [2.05, 4.69) is 72.1 Å². The summed E-state index contributed by atoms with van der Waals surface area (Å²) in [6.07, 6.45) is 4.29. The highest BCUT2D eigenvalue weighted by Gasteiger charge is 2.24. The number of hydrogen-bond donors (Lipinski definition) is 1. The molecule has 0 radical (unpaired) electrons. The second-order valence-electron chi connectivity index (χ2n) is 9.72. The molecule has 186 valence electrons. The van der Waals surface area contributed by atoms with E-state index in [9.17, 15) is 8.76 Å². The third-order valence-corrected chi connectivity index (χ3v) is 7.77. The van der Waals surface area contributed by atoms with Gasteiger partial charge in [0.15, 0.2) is 5.65 Å². The van der Waals surface area contributed by atoms with Crippen molar-refractivity contribution in [3.8, 4) is 11.3 Å². The van der Waals surface area contributed by atoms with Crippen LogP contribution in [0.25, 0.3) is 27.8 Å². The molecule has 4 aromatic rings. The van der Waals surface area contributed by atoms with Crippen molar-refractivity contribution in [3.63, 3.8) is 0 Å². The van der Waals surface area contributed by atoms with Gasteiger partial charge in [-0.2, -0.15) is 5.10 Å². The Hall–Kier alpha value is -2.59. The van der Waals surface area contributed by atoms with Crippen LogP contribution in [0.15, 0.2) is 30.7 Å². The van der Waals surface area contributed by atoms with Gasteiger partial charge < -0.3 is 14.3 Å². The lowest BCUT2D eigenvalue weighted by molar-refractivity contribution is -0.0297. The Kier molecular flexibility index (Phi) is 6.76. The molecule has 1 aromatic carbocycles. The fourth-order valence-corrected chi connectivity index (χ4v) is 5.57. The van der Waals surface area contributed by atoms with Gasteiger partial charge in [-0.25, -0.2) is 9.50 Å². The number of aromatic nitrogens is 4. The van der Waals surface area contributed by atoms with Gasteiger partial charge >= 0.3 is 0 Å². The summed E-state index contributed by atoms with van der Waals surface area (Å²) in [5, 5.41) is 5.60. The number of nitrogens with zero attached hydrogens (tertiary/aromatic N) is 4. The second-order valence-corrected chi connectivity index (χ2v) is 10.7. The molecule has 1 aliphatic rings. The van der Waals surface area contributed by atoms with Crippen molar-refractivity contribution >= 4 is 27.6 Å². The van der Waals surface area contributed by atoms with Crippen LogP contribution in [0.2, 0.25) is 0 Å². The van der Waals surface area contributed by atoms with Gasteiger partial charge in [-0.3, -0.25) is 9.11 Å². The maximum absolute atomic E-state index is 10.9. The van der Waals surface area contributed by atoms with Gasteiger partial charge in [0.25, 0.3) is 0 Å². The average Bonchev–Trinajstić information content (AvgIpc) is 3.45. The van der Waals surface area contributed by atoms with Crippen LogP contribution in [0.3, 0.4) is 0 Å². The van der Waals surface area contributed by atoms with Gasteiger partial charge in [0.05, 0.1) is 18.4 Å². The molecule has 35 heavy (non-hydrogen) atoms. The first-order valence-electron chi connectivity index (χ1n) is 12.2. The molecular formula is C26H32N5O3S-. The highest BCUT2D eigenvalue weighted by molar-refractivity contribution is 7.79. The summed E-state index contributed by atoms with van der Waals surface area (Å²) < 4.78 is 29.8.